The van der Waals surface area contributed by atoms with Gasteiger partial charge in [-0.2, -0.15) is 0 Å². The molecule has 4 nitrogen and oxygen atoms in total. The second kappa shape index (κ2) is 6.93. The average molecular weight is 334 g/mol. The summed E-state index contributed by atoms with van der Waals surface area (Å²) in [4.78, 5) is 19.6. The third kappa shape index (κ3) is 4.35. The van der Waals surface area contributed by atoms with E-state index in [-0.39, 0.29) is 5.97 Å². The predicted molar refractivity (Wildman–Crippen MR) is 98.4 cm³/mol. The maximum Gasteiger partial charge on any atom is 0.339 e. The second-order valence-corrected chi connectivity index (χ2v) is 7.00. The van der Waals surface area contributed by atoms with Gasteiger partial charge in [-0.1, -0.05) is 42.5 Å². The Morgan fingerprint density at radius 1 is 1.08 bits per heavy atom. The number of ether oxygens (including phenoxy) is 1. The Bertz CT molecular complexity index is 844. The lowest BCUT2D eigenvalue weighted by atomic mass is 9.97. The van der Waals surface area contributed by atoms with Crippen molar-refractivity contribution in [2.75, 3.05) is 0 Å². The molecule has 4 heteroatoms. The van der Waals surface area contributed by atoms with Gasteiger partial charge in [0.15, 0.2) is 0 Å². The molecule has 0 spiro atoms. The van der Waals surface area contributed by atoms with Crippen LogP contribution in [0.3, 0.4) is 0 Å². The van der Waals surface area contributed by atoms with Crippen molar-refractivity contribution in [3.8, 4) is 11.1 Å². The van der Waals surface area contributed by atoms with E-state index >= 15 is 0 Å². The number of H-pyrrole nitrogens is 1. The zero-order valence-electron chi connectivity index (χ0n) is 14.7. The van der Waals surface area contributed by atoms with Crippen LogP contribution in [0, 0.1) is 0 Å². The molecule has 1 heterocycles. The zero-order valence-corrected chi connectivity index (χ0v) is 14.7. The number of benzene rings is 2. The number of aromatic amines is 1. The van der Waals surface area contributed by atoms with Crippen molar-refractivity contribution in [3.05, 3.63) is 77.9 Å². The normalized spacial score (nSPS) is 11.3. The summed E-state index contributed by atoms with van der Waals surface area (Å²) in [6.07, 6.45) is 4.31. The van der Waals surface area contributed by atoms with Crippen LogP contribution in [0.2, 0.25) is 0 Å². The molecule has 0 aliphatic rings. The van der Waals surface area contributed by atoms with Crippen LogP contribution in [0.15, 0.2) is 61.1 Å². The summed E-state index contributed by atoms with van der Waals surface area (Å²) in [7, 11) is 0. The summed E-state index contributed by atoms with van der Waals surface area (Å²) in [6.45, 7) is 5.62. The molecule has 1 N–H and O–H groups in total. The van der Waals surface area contributed by atoms with Crippen molar-refractivity contribution in [1.29, 1.82) is 0 Å². The molecule has 0 saturated heterocycles. The van der Waals surface area contributed by atoms with Crippen LogP contribution in [-0.4, -0.2) is 21.5 Å². The van der Waals surface area contributed by atoms with Crippen LogP contribution < -0.4 is 0 Å². The van der Waals surface area contributed by atoms with Gasteiger partial charge in [-0.15, -0.1) is 0 Å². The van der Waals surface area contributed by atoms with Crippen LogP contribution in [0.5, 0.6) is 0 Å². The van der Waals surface area contributed by atoms with E-state index in [1.807, 2.05) is 63.4 Å². The number of rotatable bonds is 4. The van der Waals surface area contributed by atoms with Crippen LogP contribution in [-0.2, 0) is 11.2 Å². The Hall–Kier alpha value is -2.88. The van der Waals surface area contributed by atoms with Gasteiger partial charge in [-0.3, -0.25) is 0 Å². The minimum Gasteiger partial charge on any atom is -0.456 e. The van der Waals surface area contributed by atoms with Crippen molar-refractivity contribution in [2.24, 2.45) is 0 Å². The van der Waals surface area contributed by atoms with Gasteiger partial charge >= 0.3 is 5.97 Å². The van der Waals surface area contributed by atoms with E-state index in [0.717, 1.165) is 23.2 Å². The highest BCUT2D eigenvalue weighted by molar-refractivity contribution is 5.97. The van der Waals surface area contributed by atoms with Crippen LogP contribution >= 0.6 is 0 Å². The zero-order chi connectivity index (χ0) is 17.9. The fraction of sp³-hybridized carbons (Fsp3) is 0.238. The number of hydrogen-bond donors (Lipinski definition) is 1. The Morgan fingerprint density at radius 3 is 2.44 bits per heavy atom. The van der Waals surface area contributed by atoms with Crippen molar-refractivity contribution in [2.45, 2.75) is 32.8 Å². The molecule has 0 fully saturated rings. The summed E-state index contributed by atoms with van der Waals surface area (Å²) in [6, 6.07) is 15.8. The van der Waals surface area contributed by atoms with Crippen LogP contribution in [0.25, 0.3) is 11.1 Å². The van der Waals surface area contributed by atoms with Crippen LogP contribution in [0.1, 0.15) is 42.4 Å². The molecule has 0 aliphatic carbocycles. The van der Waals surface area contributed by atoms with E-state index in [9.17, 15) is 4.79 Å². The quantitative estimate of drug-likeness (QED) is 0.708. The van der Waals surface area contributed by atoms with E-state index in [1.165, 1.54) is 5.56 Å². The molecule has 0 bridgehead atoms. The first kappa shape index (κ1) is 17.0. The molecule has 25 heavy (non-hydrogen) atoms. The Balaban J connectivity index is 1.85. The molecule has 0 unspecified atom stereocenters. The van der Waals surface area contributed by atoms with E-state index in [1.54, 1.807) is 6.33 Å². The second-order valence-electron chi connectivity index (χ2n) is 7.00. The van der Waals surface area contributed by atoms with Gasteiger partial charge in [0, 0.05) is 18.3 Å². The van der Waals surface area contributed by atoms with Crippen molar-refractivity contribution in [3.63, 3.8) is 0 Å². The van der Waals surface area contributed by atoms with E-state index in [4.69, 9.17) is 4.74 Å². The lowest BCUT2D eigenvalue weighted by molar-refractivity contribution is 0.00705. The average Bonchev–Trinajstić information content (AvgIpc) is 3.07. The number of aromatic nitrogens is 2. The first-order valence-corrected chi connectivity index (χ1v) is 8.31. The van der Waals surface area contributed by atoms with E-state index in [2.05, 4.69) is 22.1 Å². The Labute approximate surface area is 147 Å². The largest absolute Gasteiger partial charge is 0.456 e. The number of imidazole rings is 1. The number of nitrogens with zero attached hydrogens (tertiary/aromatic N) is 1. The van der Waals surface area contributed by atoms with Crippen molar-refractivity contribution in [1.82, 2.24) is 9.97 Å². The smallest absolute Gasteiger partial charge is 0.339 e. The SMILES string of the molecule is CC(C)(C)OC(=O)c1ccccc1-c1ccc(Cc2cnc[nH]2)cc1. The molecule has 0 atom stereocenters. The number of nitrogens with one attached hydrogen (secondary N) is 1. The van der Waals surface area contributed by atoms with Gasteiger partial charge in [0.25, 0.3) is 0 Å². The first-order chi connectivity index (χ1) is 11.9. The van der Waals surface area contributed by atoms with Gasteiger partial charge < -0.3 is 9.72 Å². The fourth-order valence-corrected chi connectivity index (χ4v) is 2.65. The third-order valence-corrected chi connectivity index (χ3v) is 3.76. The summed E-state index contributed by atoms with van der Waals surface area (Å²) < 4.78 is 5.53. The molecule has 3 rings (SSSR count). The summed E-state index contributed by atoms with van der Waals surface area (Å²) in [5.41, 5.74) is 4.20. The maximum absolute atomic E-state index is 12.5. The minimum atomic E-state index is -0.516. The number of carbonyl (C=O) groups excluding carboxylic acids is 1. The summed E-state index contributed by atoms with van der Waals surface area (Å²) >= 11 is 0. The van der Waals surface area contributed by atoms with Gasteiger partial charge in [-0.25, -0.2) is 9.78 Å². The van der Waals surface area contributed by atoms with Crippen molar-refractivity contribution >= 4 is 5.97 Å². The summed E-state index contributed by atoms with van der Waals surface area (Å²) in [5.74, 6) is -0.301. The maximum atomic E-state index is 12.5. The van der Waals surface area contributed by atoms with Crippen molar-refractivity contribution < 1.29 is 9.53 Å². The Kier molecular flexibility index (Phi) is 4.70. The highest BCUT2D eigenvalue weighted by Crippen LogP contribution is 2.26. The minimum absolute atomic E-state index is 0.301. The topological polar surface area (TPSA) is 55.0 Å². The van der Waals surface area contributed by atoms with Gasteiger partial charge in [0.05, 0.1) is 11.9 Å². The van der Waals surface area contributed by atoms with Gasteiger partial charge in [0.2, 0.25) is 0 Å². The lowest BCUT2D eigenvalue weighted by Gasteiger charge is -2.20. The fourth-order valence-electron chi connectivity index (χ4n) is 2.65. The molecule has 128 valence electrons. The molecule has 2 aromatic carbocycles. The molecule has 0 radical (unpaired) electrons. The third-order valence-electron chi connectivity index (χ3n) is 3.76. The number of carbonyl (C=O) groups is 1. The monoisotopic (exact) mass is 334 g/mol. The molecule has 3 aromatic rings. The standard InChI is InChI=1S/C21H22N2O2/c1-21(2,3)25-20(24)19-7-5-4-6-18(19)16-10-8-15(9-11-16)12-17-13-22-14-23-17/h4-11,13-14H,12H2,1-3H3,(H,22,23). The van der Waals surface area contributed by atoms with Gasteiger partial charge in [-0.05, 0) is 43.5 Å². The number of hydrogen-bond acceptors (Lipinski definition) is 3. The first-order valence-electron chi connectivity index (χ1n) is 8.31. The molecule has 0 saturated carbocycles. The number of esters is 1. The highest BCUT2D eigenvalue weighted by atomic mass is 16.6. The predicted octanol–water partition coefficient (Wildman–Crippen LogP) is 4.62. The molecule has 0 amide bonds. The highest BCUT2D eigenvalue weighted by Gasteiger charge is 2.20. The Morgan fingerprint density at radius 2 is 1.80 bits per heavy atom. The van der Waals surface area contributed by atoms with E-state index in [0.29, 0.717) is 5.56 Å². The van der Waals surface area contributed by atoms with Crippen LogP contribution in [0.4, 0.5) is 0 Å². The van der Waals surface area contributed by atoms with Gasteiger partial charge in [0.1, 0.15) is 5.60 Å². The van der Waals surface area contributed by atoms with E-state index < -0.39 is 5.60 Å². The lowest BCUT2D eigenvalue weighted by Crippen LogP contribution is -2.24. The molecule has 0 aliphatic heterocycles. The molecule has 1 aromatic heterocycles. The molecular weight excluding hydrogens is 312 g/mol. The molecular formula is C21H22N2O2. The summed E-state index contributed by atoms with van der Waals surface area (Å²) in [5, 5.41) is 0.